The minimum Gasteiger partial charge on any atom is -0.395 e. The van der Waals surface area contributed by atoms with E-state index < -0.39 is 0 Å². The number of aliphatic hydroxyl groups excluding tert-OH is 1. The van der Waals surface area contributed by atoms with E-state index in [1.807, 2.05) is 11.9 Å². The lowest BCUT2D eigenvalue weighted by Gasteiger charge is -2.11. The summed E-state index contributed by atoms with van der Waals surface area (Å²) < 4.78 is 0. The standard InChI is InChI=1S/C5H13NOS/c1-6(2-4-7)3-5-8/h7-8H,2-5H2,1H3. The molecule has 0 aromatic carbocycles. The van der Waals surface area contributed by atoms with E-state index in [9.17, 15) is 0 Å². The molecule has 0 spiro atoms. The zero-order valence-corrected chi connectivity index (χ0v) is 6.06. The maximum Gasteiger partial charge on any atom is 0.0558 e. The average Bonchev–Trinajstić information content (AvgIpc) is 1.68. The first-order chi connectivity index (χ1) is 3.81. The minimum atomic E-state index is 0.240. The maximum atomic E-state index is 8.40. The highest BCUT2D eigenvalue weighted by molar-refractivity contribution is 7.80. The van der Waals surface area contributed by atoms with Crippen molar-refractivity contribution in [2.75, 3.05) is 32.5 Å². The summed E-state index contributed by atoms with van der Waals surface area (Å²) in [6.45, 7) is 1.94. The Bertz CT molecular complexity index is 45.7. The van der Waals surface area contributed by atoms with Gasteiger partial charge in [0.05, 0.1) is 6.61 Å². The topological polar surface area (TPSA) is 23.5 Å². The van der Waals surface area contributed by atoms with Crippen LogP contribution >= 0.6 is 12.6 Å². The van der Waals surface area contributed by atoms with Crippen LogP contribution < -0.4 is 0 Å². The van der Waals surface area contributed by atoms with Crippen molar-refractivity contribution in [2.45, 2.75) is 0 Å². The Labute approximate surface area is 55.9 Å². The summed E-state index contributed by atoms with van der Waals surface area (Å²) in [5.74, 6) is 0.858. The Morgan fingerprint density at radius 3 is 2.50 bits per heavy atom. The first-order valence-electron chi connectivity index (χ1n) is 2.71. The predicted octanol–water partition coefficient (Wildman–Crippen LogP) is -0.160. The molecule has 2 nitrogen and oxygen atoms in total. The molecular formula is C5H13NOS. The number of nitrogens with zero attached hydrogens (tertiary/aromatic N) is 1. The van der Waals surface area contributed by atoms with Crippen LogP contribution in [0.2, 0.25) is 0 Å². The summed E-state index contributed by atoms with van der Waals surface area (Å²) in [5.41, 5.74) is 0. The Balaban J connectivity index is 2.92. The number of aliphatic hydroxyl groups is 1. The maximum absolute atomic E-state index is 8.40. The van der Waals surface area contributed by atoms with Crippen LogP contribution in [0.25, 0.3) is 0 Å². The van der Waals surface area contributed by atoms with Gasteiger partial charge >= 0.3 is 0 Å². The summed E-state index contributed by atoms with van der Waals surface area (Å²) in [5, 5.41) is 8.40. The predicted molar refractivity (Wildman–Crippen MR) is 38.4 cm³/mol. The fourth-order valence-electron chi connectivity index (χ4n) is 0.453. The summed E-state index contributed by atoms with van der Waals surface area (Å²) in [4.78, 5) is 2.03. The summed E-state index contributed by atoms with van der Waals surface area (Å²) in [6, 6.07) is 0. The van der Waals surface area contributed by atoms with Gasteiger partial charge in [0, 0.05) is 18.8 Å². The second-order valence-corrected chi connectivity index (χ2v) is 2.20. The molecule has 0 amide bonds. The fraction of sp³-hybridized carbons (Fsp3) is 1.00. The van der Waals surface area contributed by atoms with Gasteiger partial charge in [-0.15, -0.1) is 0 Å². The van der Waals surface area contributed by atoms with Crippen LogP contribution in [0.5, 0.6) is 0 Å². The quantitative estimate of drug-likeness (QED) is 0.523. The number of thiol groups is 1. The zero-order chi connectivity index (χ0) is 6.41. The van der Waals surface area contributed by atoms with Crippen LogP contribution in [0.1, 0.15) is 0 Å². The lowest BCUT2D eigenvalue weighted by atomic mass is 10.5. The molecule has 0 aliphatic carbocycles. The van der Waals surface area contributed by atoms with Crippen LogP contribution in [-0.4, -0.2) is 42.5 Å². The van der Waals surface area contributed by atoms with Gasteiger partial charge in [0.1, 0.15) is 0 Å². The van der Waals surface area contributed by atoms with Crippen molar-refractivity contribution in [1.29, 1.82) is 0 Å². The number of hydrogen-bond acceptors (Lipinski definition) is 3. The first kappa shape index (κ1) is 8.27. The smallest absolute Gasteiger partial charge is 0.0558 e. The molecule has 0 unspecified atom stereocenters. The molecule has 0 bridgehead atoms. The molecule has 8 heavy (non-hydrogen) atoms. The normalized spacial score (nSPS) is 10.5. The van der Waals surface area contributed by atoms with Crippen molar-refractivity contribution >= 4 is 12.6 Å². The molecule has 50 valence electrons. The monoisotopic (exact) mass is 135 g/mol. The summed E-state index contributed by atoms with van der Waals surface area (Å²) >= 11 is 4.03. The molecule has 0 radical (unpaired) electrons. The van der Waals surface area contributed by atoms with Crippen LogP contribution in [0.15, 0.2) is 0 Å². The van der Waals surface area contributed by atoms with Gasteiger partial charge in [-0.2, -0.15) is 12.6 Å². The summed E-state index contributed by atoms with van der Waals surface area (Å²) in [7, 11) is 1.96. The van der Waals surface area contributed by atoms with E-state index in [0.29, 0.717) is 0 Å². The molecule has 0 saturated carbocycles. The van der Waals surface area contributed by atoms with Gasteiger partial charge in [0.2, 0.25) is 0 Å². The van der Waals surface area contributed by atoms with Crippen LogP contribution in [0, 0.1) is 0 Å². The molecule has 0 aliphatic heterocycles. The second kappa shape index (κ2) is 5.41. The second-order valence-electron chi connectivity index (χ2n) is 1.75. The molecule has 3 heteroatoms. The fourth-order valence-corrected chi connectivity index (χ4v) is 0.795. The third-order valence-corrected chi connectivity index (χ3v) is 1.16. The molecule has 0 aromatic heterocycles. The summed E-state index contributed by atoms with van der Waals surface area (Å²) in [6.07, 6.45) is 0. The van der Waals surface area contributed by atoms with Gasteiger partial charge < -0.3 is 10.0 Å². The molecule has 1 N–H and O–H groups in total. The molecule has 0 atom stereocenters. The van der Waals surface area contributed by atoms with E-state index >= 15 is 0 Å². The van der Waals surface area contributed by atoms with Gasteiger partial charge in [-0.3, -0.25) is 0 Å². The number of likely N-dealkylation sites (N-methyl/N-ethyl adjacent to an activating group) is 1. The van der Waals surface area contributed by atoms with Crippen LogP contribution in [0.4, 0.5) is 0 Å². The molecule has 0 heterocycles. The SMILES string of the molecule is CN(CCO)CCS. The highest BCUT2D eigenvalue weighted by atomic mass is 32.1. The number of hydrogen-bond donors (Lipinski definition) is 2. The minimum absolute atomic E-state index is 0.240. The van der Waals surface area contributed by atoms with Gasteiger partial charge in [0.25, 0.3) is 0 Å². The van der Waals surface area contributed by atoms with Gasteiger partial charge in [-0.1, -0.05) is 0 Å². The first-order valence-corrected chi connectivity index (χ1v) is 3.34. The van der Waals surface area contributed by atoms with E-state index in [-0.39, 0.29) is 6.61 Å². The molecular weight excluding hydrogens is 122 g/mol. The Kier molecular flexibility index (Phi) is 5.59. The largest absolute Gasteiger partial charge is 0.395 e. The molecule has 0 rings (SSSR count). The lowest BCUT2D eigenvalue weighted by Crippen LogP contribution is -2.23. The number of rotatable bonds is 4. The molecule has 0 aromatic rings. The Hall–Kier alpha value is 0.270. The van der Waals surface area contributed by atoms with Crippen molar-refractivity contribution in [2.24, 2.45) is 0 Å². The van der Waals surface area contributed by atoms with E-state index in [1.165, 1.54) is 0 Å². The Morgan fingerprint density at radius 1 is 1.50 bits per heavy atom. The van der Waals surface area contributed by atoms with E-state index in [1.54, 1.807) is 0 Å². The van der Waals surface area contributed by atoms with Gasteiger partial charge in [-0.05, 0) is 7.05 Å². The van der Waals surface area contributed by atoms with Crippen LogP contribution in [-0.2, 0) is 0 Å². The van der Waals surface area contributed by atoms with Crippen molar-refractivity contribution < 1.29 is 5.11 Å². The molecule has 0 saturated heterocycles. The van der Waals surface area contributed by atoms with E-state index in [2.05, 4.69) is 12.6 Å². The zero-order valence-electron chi connectivity index (χ0n) is 5.17. The van der Waals surface area contributed by atoms with E-state index in [0.717, 1.165) is 18.8 Å². The van der Waals surface area contributed by atoms with Gasteiger partial charge in [-0.25, -0.2) is 0 Å². The Morgan fingerprint density at radius 2 is 2.12 bits per heavy atom. The van der Waals surface area contributed by atoms with Crippen LogP contribution in [0.3, 0.4) is 0 Å². The third kappa shape index (κ3) is 4.43. The van der Waals surface area contributed by atoms with Crippen molar-refractivity contribution in [3.8, 4) is 0 Å². The van der Waals surface area contributed by atoms with E-state index in [4.69, 9.17) is 5.11 Å². The highest BCUT2D eigenvalue weighted by Gasteiger charge is 1.91. The van der Waals surface area contributed by atoms with Crippen molar-refractivity contribution in [3.05, 3.63) is 0 Å². The van der Waals surface area contributed by atoms with Crippen molar-refractivity contribution in [1.82, 2.24) is 4.90 Å². The van der Waals surface area contributed by atoms with Gasteiger partial charge in [0.15, 0.2) is 0 Å². The third-order valence-electron chi connectivity index (χ3n) is 0.963. The average molecular weight is 135 g/mol. The molecule has 0 aliphatic rings. The highest BCUT2D eigenvalue weighted by Crippen LogP contribution is 1.81. The molecule has 0 fully saturated rings. The van der Waals surface area contributed by atoms with Crippen molar-refractivity contribution in [3.63, 3.8) is 0 Å². The lowest BCUT2D eigenvalue weighted by molar-refractivity contribution is 0.228.